The van der Waals surface area contributed by atoms with Crippen LogP contribution in [0.5, 0.6) is 0 Å². The summed E-state index contributed by atoms with van der Waals surface area (Å²) in [5.41, 5.74) is 12.6. The number of pyridine rings is 1. The molecule has 2 aromatic carbocycles. The lowest BCUT2D eigenvalue weighted by Gasteiger charge is -2.43. The molecule has 4 nitrogen and oxygen atoms in total. The second-order valence-corrected chi connectivity index (χ2v) is 12.1. The van der Waals surface area contributed by atoms with Gasteiger partial charge in [-0.05, 0) is 106 Å². The summed E-state index contributed by atoms with van der Waals surface area (Å²) >= 11 is 0. The van der Waals surface area contributed by atoms with Crippen molar-refractivity contribution in [1.82, 2.24) is 9.55 Å². The maximum atomic E-state index is 11.4. The number of aromatic nitrogens is 2. The van der Waals surface area contributed by atoms with E-state index in [1.54, 1.807) is 12.1 Å². The number of carboxylic acids is 1. The number of carbonyl (C=O) groups is 1. The van der Waals surface area contributed by atoms with Crippen molar-refractivity contribution in [1.29, 1.82) is 0 Å². The lowest BCUT2D eigenvalue weighted by Crippen LogP contribution is -2.34. The lowest BCUT2D eigenvalue weighted by atomic mass is 9.62. The standard InChI is InChI=1S/C33H34N2O2/c1-32(2)13-14-33(3,4)28-18-26-23(17-27(28)32)9-12-29-30(26)24(16-21-6-5-15-34-19-21)20-35(29)25-10-7-22(8-11-25)31(36)37/h5-8,10-11,15,17-20H,9,12-14,16H2,1-4H3,(H,36,37). The monoisotopic (exact) mass is 490 g/mol. The molecule has 1 N–H and O–H groups in total. The predicted molar refractivity (Wildman–Crippen MR) is 148 cm³/mol. The molecular formula is C33H34N2O2. The number of hydrogen-bond donors (Lipinski definition) is 1. The Balaban J connectivity index is 1.56. The minimum Gasteiger partial charge on any atom is -0.478 e. The van der Waals surface area contributed by atoms with Gasteiger partial charge < -0.3 is 9.67 Å². The summed E-state index contributed by atoms with van der Waals surface area (Å²) < 4.78 is 2.28. The van der Waals surface area contributed by atoms with E-state index >= 15 is 0 Å². The van der Waals surface area contributed by atoms with Crippen molar-refractivity contribution >= 4 is 5.97 Å². The van der Waals surface area contributed by atoms with Crippen LogP contribution < -0.4 is 0 Å². The third-order valence-electron chi connectivity index (χ3n) is 8.67. The minimum absolute atomic E-state index is 0.149. The van der Waals surface area contributed by atoms with Gasteiger partial charge in [-0.2, -0.15) is 0 Å². The highest BCUT2D eigenvalue weighted by atomic mass is 16.4. The second-order valence-electron chi connectivity index (χ2n) is 12.1. The molecule has 0 fully saturated rings. The number of benzene rings is 2. The van der Waals surface area contributed by atoms with Crippen LogP contribution >= 0.6 is 0 Å². The van der Waals surface area contributed by atoms with E-state index in [2.05, 4.69) is 61.6 Å². The first-order chi connectivity index (χ1) is 17.6. The maximum absolute atomic E-state index is 11.4. The first-order valence-electron chi connectivity index (χ1n) is 13.3. The Morgan fingerprint density at radius 2 is 1.68 bits per heavy atom. The van der Waals surface area contributed by atoms with Gasteiger partial charge in [-0.3, -0.25) is 4.98 Å². The number of rotatable bonds is 4. The summed E-state index contributed by atoms with van der Waals surface area (Å²) in [5.74, 6) is -0.900. The molecule has 0 saturated heterocycles. The molecule has 2 aromatic heterocycles. The normalized spacial score (nSPS) is 17.0. The fourth-order valence-electron chi connectivity index (χ4n) is 6.38. The molecule has 0 saturated carbocycles. The third kappa shape index (κ3) is 3.99. The van der Waals surface area contributed by atoms with Crippen molar-refractivity contribution in [2.75, 3.05) is 0 Å². The van der Waals surface area contributed by atoms with Crippen molar-refractivity contribution < 1.29 is 9.90 Å². The Hall–Kier alpha value is -3.66. The first kappa shape index (κ1) is 23.7. The minimum atomic E-state index is -0.900. The van der Waals surface area contributed by atoms with Crippen molar-refractivity contribution in [3.8, 4) is 16.8 Å². The van der Waals surface area contributed by atoms with E-state index in [0.29, 0.717) is 5.56 Å². The Morgan fingerprint density at radius 1 is 0.973 bits per heavy atom. The fraction of sp³-hybridized carbons (Fsp3) is 0.333. The van der Waals surface area contributed by atoms with Gasteiger partial charge in [0.05, 0.1) is 5.56 Å². The van der Waals surface area contributed by atoms with E-state index in [0.717, 1.165) is 24.9 Å². The molecule has 0 aliphatic heterocycles. The average molecular weight is 491 g/mol. The maximum Gasteiger partial charge on any atom is 0.335 e. The van der Waals surface area contributed by atoms with Crippen LogP contribution in [0.1, 0.15) is 84.4 Å². The van der Waals surface area contributed by atoms with Gasteiger partial charge in [-0.1, -0.05) is 39.8 Å². The Morgan fingerprint density at radius 3 is 2.32 bits per heavy atom. The zero-order valence-electron chi connectivity index (χ0n) is 22.1. The molecule has 0 atom stereocenters. The van der Waals surface area contributed by atoms with Crippen LogP contribution in [0, 0.1) is 0 Å². The smallest absolute Gasteiger partial charge is 0.335 e. The van der Waals surface area contributed by atoms with Gasteiger partial charge >= 0.3 is 5.97 Å². The largest absolute Gasteiger partial charge is 0.478 e. The van der Waals surface area contributed by atoms with Gasteiger partial charge in [-0.15, -0.1) is 0 Å². The fourth-order valence-corrected chi connectivity index (χ4v) is 6.38. The zero-order chi connectivity index (χ0) is 25.9. The van der Waals surface area contributed by atoms with Crippen LogP contribution in [-0.4, -0.2) is 20.6 Å². The van der Waals surface area contributed by atoms with E-state index in [9.17, 15) is 9.90 Å². The summed E-state index contributed by atoms with van der Waals surface area (Å²) in [6, 6.07) is 16.4. The Labute approximate surface area is 219 Å². The highest BCUT2D eigenvalue weighted by Gasteiger charge is 2.38. The summed E-state index contributed by atoms with van der Waals surface area (Å²) in [7, 11) is 0. The number of hydrogen-bond acceptors (Lipinski definition) is 2. The summed E-state index contributed by atoms with van der Waals surface area (Å²) in [5, 5.41) is 9.38. The molecule has 2 heterocycles. The topological polar surface area (TPSA) is 55.1 Å². The first-order valence-corrected chi connectivity index (χ1v) is 13.3. The number of carboxylic acid groups (broad SMARTS) is 1. The van der Waals surface area contributed by atoms with Crippen molar-refractivity contribution in [3.63, 3.8) is 0 Å². The molecule has 4 aromatic rings. The number of aryl methyl sites for hydroxylation is 1. The van der Waals surface area contributed by atoms with Gasteiger partial charge in [-0.25, -0.2) is 4.79 Å². The van der Waals surface area contributed by atoms with Crippen molar-refractivity contribution in [2.24, 2.45) is 0 Å². The van der Waals surface area contributed by atoms with E-state index < -0.39 is 5.97 Å². The molecule has 4 heteroatoms. The summed E-state index contributed by atoms with van der Waals surface area (Å²) in [4.78, 5) is 15.8. The molecule has 2 aliphatic carbocycles. The molecule has 37 heavy (non-hydrogen) atoms. The lowest BCUT2D eigenvalue weighted by molar-refractivity contribution is 0.0697. The highest BCUT2D eigenvalue weighted by molar-refractivity contribution is 5.88. The number of aromatic carboxylic acids is 1. The number of nitrogens with zero attached hydrogens (tertiary/aromatic N) is 2. The third-order valence-corrected chi connectivity index (χ3v) is 8.67. The van der Waals surface area contributed by atoms with Crippen LogP contribution in [0.2, 0.25) is 0 Å². The zero-order valence-corrected chi connectivity index (χ0v) is 22.1. The van der Waals surface area contributed by atoms with E-state index in [-0.39, 0.29) is 10.8 Å². The van der Waals surface area contributed by atoms with Crippen LogP contribution in [0.25, 0.3) is 16.8 Å². The summed E-state index contributed by atoms with van der Waals surface area (Å²) in [6.45, 7) is 9.57. The summed E-state index contributed by atoms with van der Waals surface area (Å²) in [6.07, 6.45) is 11.2. The van der Waals surface area contributed by atoms with Crippen molar-refractivity contribution in [2.45, 2.75) is 70.6 Å². The number of fused-ring (bicyclic) bond motifs is 4. The second kappa shape index (κ2) is 8.44. The Bertz CT molecular complexity index is 1510. The van der Waals surface area contributed by atoms with Gasteiger partial charge in [0.25, 0.3) is 0 Å². The average Bonchev–Trinajstić information content (AvgIpc) is 3.25. The molecule has 0 unspecified atom stereocenters. The van der Waals surface area contributed by atoms with E-state index in [1.165, 1.54) is 57.5 Å². The molecule has 6 rings (SSSR count). The van der Waals surface area contributed by atoms with Crippen LogP contribution in [0.3, 0.4) is 0 Å². The SMILES string of the molecule is CC1(C)CCC(C)(C)c2cc3c(cc21)CCc1c-3c(Cc2cccnc2)cn1-c1ccc(C(=O)O)cc1. The van der Waals surface area contributed by atoms with Crippen LogP contribution in [0.4, 0.5) is 0 Å². The van der Waals surface area contributed by atoms with E-state index in [1.807, 2.05) is 30.6 Å². The molecule has 188 valence electrons. The molecule has 0 bridgehead atoms. The molecule has 0 radical (unpaired) electrons. The Kier molecular flexibility index (Phi) is 5.41. The van der Waals surface area contributed by atoms with Gasteiger partial charge in [0, 0.05) is 42.0 Å². The van der Waals surface area contributed by atoms with E-state index in [4.69, 9.17) is 0 Å². The molecule has 0 spiro atoms. The molecule has 2 aliphatic rings. The molecule has 0 amide bonds. The van der Waals surface area contributed by atoms with Crippen molar-refractivity contribution in [3.05, 3.63) is 106 Å². The molecular weight excluding hydrogens is 456 g/mol. The van der Waals surface area contributed by atoms with Gasteiger partial charge in [0.1, 0.15) is 0 Å². The predicted octanol–water partition coefficient (Wildman–Crippen LogP) is 7.28. The van der Waals surface area contributed by atoms with Gasteiger partial charge in [0.15, 0.2) is 0 Å². The van der Waals surface area contributed by atoms with Crippen LogP contribution in [-0.2, 0) is 30.1 Å². The highest BCUT2D eigenvalue weighted by Crippen LogP contribution is 2.50. The van der Waals surface area contributed by atoms with Gasteiger partial charge in [0.2, 0.25) is 0 Å². The van der Waals surface area contributed by atoms with Crippen LogP contribution in [0.15, 0.2) is 67.1 Å². The quantitative estimate of drug-likeness (QED) is 0.327.